The lowest BCUT2D eigenvalue weighted by molar-refractivity contribution is 0.644. The van der Waals surface area contributed by atoms with Gasteiger partial charge in [-0.15, -0.1) is 11.3 Å². The van der Waals surface area contributed by atoms with Gasteiger partial charge in [0.25, 0.3) is 0 Å². The Labute approximate surface area is 173 Å². The number of rotatable bonds is 7. The number of aliphatic imine (C=N–C) groups is 1. The third kappa shape index (κ3) is 5.71. The molecule has 1 atom stereocenters. The molecule has 3 rings (SSSR count). The zero-order valence-electron chi connectivity index (χ0n) is 17.5. The van der Waals surface area contributed by atoms with E-state index in [1.165, 1.54) is 47.1 Å². The van der Waals surface area contributed by atoms with Crippen LogP contribution in [0.3, 0.4) is 0 Å². The van der Waals surface area contributed by atoms with Gasteiger partial charge in [-0.1, -0.05) is 26.0 Å². The van der Waals surface area contributed by atoms with E-state index in [0.717, 1.165) is 18.9 Å². The lowest BCUT2D eigenvalue weighted by atomic mass is 10.1. The lowest BCUT2D eigenvalue weighted by Gasteiger charge is -2.22. The molecule has 0 radical (unpaired) electrons. The maximum Gasteiger partial charge on any atom is 0.191 e. The summed E-state index contributed by atoms with van der Waals surface area (Å²) in [7, 11) is 1.82. The summed E-state index contributed by atoms with van der Waals surface area (Å²) < 4.78 is 0. The predicted molar refractivity (Wildman–Crippen MR) is 120 cm³/mol. The molecule has 6 heteroatoms. The van der Waals surface area contributed by atoms with Crippen molar-refractivity contribution in [1.29, 1.82) is 0 Å². The van der Waals surface area contributed by atoms with Crippen molar-refractivity contribution in [3.8, 4) is 0 Å². The third-order valence-electron chi connectivity index (χ3n) is 5.03. The van der Waals surface area contributed by atoms with Crippen molar-refractivity contribution in [1.82, 2.24) is 15.6 Å². The summed E-state index contributed by atoms with van der Waals surface area (Å²) >= 11 is 1.78. The molecule has 1 aromatic heterocycles. The van der Waals surface area contributed by atoms with Crippen LogP contribution in [0.5, 0.6) is 0 Å². The van der Waals surface area contributed by atoms with Crippen LogP contribution in [0.25, 0.3) is 0 Å². The topological polar surface area (TPSA) is 52.6 Å². The fraction of sp³-hybridized carbons (Fsp3) is 0.545. The van der Waals surface area contributed by atoms with E-state index in [4.69, 9.17) is 0 Å². The summed E-state index contributed by atoms with van der Waals surface area (Å²) in [6, 6.07) is 9.05. The highest BCUT2D eigenvalue weighted by molar-refractivity contribution is 7.11. The van der Waals surface area contributed by atoms with Crippen LogP contribution in [-0.4, -0.2) is 31.1 Å². The highest BCUT2D eigenvalue weighted by Gasteiger charge is 2.14. The summed E-state index contributed by atoms with van der Waals surface area (Å²) in [6.07, 6.45) is 5.61. The molecule has 5 nitrogen and oxygen atoms in total. The molecular formula is C22H33N5S. The van der Waals surface area contributed by atoms with E-state index in [0.29, 0.717) is 5.92 Å². The number of thiazole rings is 1. The van der Waals surface area contributed by atoms with Gasteiger partial charge in [-0.05, 0) is 43.4 Å². The maximum atomic E-state index is 4.53. The van der Waals surface area contributed by atoms with Crippen molar-refractivity contribution in [2.24, 2.45) is 10.9 Å². The molecule has 0 saturated carbocycles. The quantitative estimate of drug-likeness (QED) is 0.536. The molecule has 0 amide bonds. The van der Waals surface area contributed by atoms with E-state index in [1.54, 1.807) is 11.3 Å². The summed E-state index contributed by atoms with van der Waals surface area (Å²) in [5.41, 5.74) is 2.61. The Hall–Kier alpha value is -2.08. The number of aromatic nitrogens is 1. The van der Waals surface area contributed by atoms with Gasteiger partial charge in [-0.2, -0.15) is 0 Å². The van der Waals surface area contributed by atoms with Gasteiger partial charge in [0.2, 0.25) is 0 Å². The Kier molecular flexibility index (Phi) is 7.31. The van der Waals surface area contributed by atoms with Gasteiger partial charge in [-0.3, -0.25) is 4.99 Å². The maximum absolute atomic E-state index is 4.53. The minimum atomic E-state index is 0.187. The lowest BCUT2D eigenvalue weighted by Crippen LogP contribution is -2.38. The first kappa shape index (κ1) is 20.6. The Bertz CT molecular complexity index is 777. The number of benzene rings is 1. The Balaban J connectivity index is 1.55. The van der Waals surface area contributed by atoms with Gasteiger partial charge < -0.3 is 15.5 Å². The zero-order valence-corrected chi connectivity index (χ0v) is 18.4. The summed E-state index contributed by atoms with van der Waals surface area (Å²) in [5, 5.41) is 8.15. The van der Waals surface area contributed by atoms with Crippen molar-refractivity contribution in [3.63, 3.8) is 0 Å². The minimum absolute atomic E-state index is 0.187. The van der Waals surface area contributed by atoms with Crippen molar-refractivity contribution in [2.75, 3.05) is 25.0 Å². The van der Waals surface area contributed by atoms with E-state index in [1.807, 2.05) is 13.2 Å². The number of anilines is 1. The second-order valence-corrected chi connectivity index (χ2v) is 9.10. The van der Waals surface area contributed by atoms with Crippen LogP contribution in [-0.2, 0) is 13.0 Å². The number of hydrogen-bond acceptors (Lipinski definition) is 4. The molecule has 1 aliphatic rings. The molecule has 2 N–H and O–H groups in total. The molecular weight excluding hydrogens is 366 g/mol. The first-order chi connectivity index (χ1) is 13.5. The standard InChI is InChI=1S/C22H33N5S/c1-16(2)12-21-24-14-20(28-21)15-25-22(23-4)26-17(3)18-8-7-9-19(13-18)27-10-5-6-11-27/h7-9,13-14,16-17H,5-6,10-12,15H2,1-4H3,(H2,23,25,26). The van der Waals surface area contributed by atoms with E-state index < -0.39 is 0 Å². The molecule has 2 heterocycles. The molecule has 0 bridgehead atoms. The molecule has 152 valence electrons. The highest BCUT2D eigenvalue weighted by atomic mass is 32.1. The Morgan fingerprint density at radius 2 is 2.04 bits per heavy atom. The van der Waals surface area contributed by atoms with E-state index in [-0.39, 0.29) is 6.04 Å². The molecule has 0 aliphatic carbocycles. The second kappa shape index (κ2) is 9.92. The summed E-state index contributed by atoms with van der Waals surface area (Å²) in [6.45, 7) is 9.72. The molecule has 1 unspecified atom stereocenters. The minimum Gasteiger partial charge on any atom is -0.372 e. The van der Waals surface area contributed by atoms with Crippen LogP contribution in [0.2, 0.25) is 0 Å². The van der Waals surface area contributed by atoms with Crippen molar-refractivity contribution in [3.05, 3.63) is 45.9 Å². The van der Waals surface area contributed by atoms with Crippen LogP contribution in [0.4, 0.5) is 5.69 Å². The van der Waals surface area contributed by atoms with E-state index in [2.05, 4.69) is 70.5 Å². The summed E-state index contributed by atoms with van der Waals surface area (Å²) in [5.74, 6) is 1.46. The Morgan fingerprint density at radius 3 is 2.75 bits per heavy atom. The van der Waals surface area contributed by atoms with E-state index in [9.17, 15) is 0 Å². The summed E-state index contributed by atoms with van der Waals surface area (Å²) in [4.78, 5) is 12.6. The van der Waals surface area contributed by atoms with Gasteiger partial charge in [0.1, 0.15) is 0 Å². The first-order valence-corrected chi connectivity index (χ1v) is 11.1. The fourth-order valence-electron chi connectivity index (χ4n) is 3.49. The van der Waals surface area contributed by atoms with Crippen molar-refractivity contribution < 1.29 is 0 Å². The van der Waals surface area contributed by atoms with Gasteiger partial charge in [0.05, 0.1) is 17.6 Å². The van der Waals surface area contributed by atoms with Crippen LogP contribution in [0.15, 0.2) is 35.5 Å². The fourth-order valence-corrected chi connectivity index (χ4v) is 4.57. The van der Waals surface area contributed by atoms with Gasteiger partial charge in [0.15, 0.2) is 5.96 Å². The molecule has 1 fully saturated rings. The normalized spacial score (nSPS) is 15.9. The first-order valence-electron chi connectivity index (χ1n) is 10.3. The molecule has 2 aromatic rings. The number of hydrogen-bond donors (Lipinski definition) is 2. The SMILES string of the molecule is CN=C(NCc1cnc(CC(C)C)s1)NC(C)c1cccc(N2CCCC2)c1. The van der Waals surface area contributed by atoms with E-state index >= 15 is 0 Å². The number of nitrogens with one attached hydrogen (secondary N) is 2. The highest BCUT2D eigenvalue weighted by Crippen LogP contribution is 2.24. The molecule has 28 heavy (non-hydrogen) atoms. The van der Waals surface area contributed by atoms with Crippen LogP contribution in [0.1, 0.15) is 55.1 Å². The average molecular weight is 400 g/mol. The van der Waals surface area contributed by atoms with Crippen LogP contribution in [0, 0.1) is 5.92 Å². The zero-order chi connectivity index (χ0) is 19.9. The van der Waals surface area contributed by atoms with Crippen LogP contribution < -0.4 is 15.5 Å². The molecule has 0 spiro atoms. The van der Waals surface area contributed by atoms with Crippen LogP contribution >= 0.6 is 11.3 Å². The van der Waals surface area contributed by atoms with Crippen molar-refractivity contribution in [2.45, 2.75) is 52.6 Å². The molecule has 1 aliphatic heterocycles. The predicted octanol–water partition coefficient (Wildman–Crippen LogP) is 4.37. The van der Waals surface area contributed by atoms with Gasteiger partial charge in [-0.25, -0.2) is 4.98 Å². The smallest absolute Gasteiger partial charge is 0.191 e. The molecule has 1 saturated heterocycles. The monoisotopic (exact) mass is 399 g/mol. The van der Waals surface area contributed by atoms with Gasteiger partial charge >= 0.3 is 0 Å². The average Bonchev–Trinajstić information content (AvgIpc) is 3.37. The van der Waals surface area contributed by atoms with Crippen molar-refractivity contribution >= 4 is 23.0 Å². The Morgan fingerprint density at radius 1 is 1.25 bits per heavy atom. The number of guanidine groups is 1. The largest absolute Gasteiger partial charge is 0.372 e. The van der Waals surface area contributed by atoms with Gasteiger partial charge in [0, 0.05) is 43.3 Å². The third-order valence-corrected chi connectivity index (χ3v) is 6.05. The second-order valence-electron chi connectivity index (χ2n) is 7.90. The molecule has 1 aromatic carbocycles. The number of nitrogens with zero attached hydrogens (tertiary/aromatic N) is 3.